The van der Waals surface area contributed by atoms with Gasteiger partial charge in [-0.2, -0.15) is 0 Å². The molecule has 0 bridgehead atoms. The summed E-state index contributed by atoms with van der Waals surface area (Å²) >= 11 is 0. The number of aliphatic hydroxyl groups excluding tert-OH is 28. The number of amides is 5. The molecule has 0 aromatic heterocycles. The lowest BCUT2D eigenvalue weighted by Gasteiger charge is -2.51. The molecule has 135 heavy (non-hydrogen) atoms. The summed E-state index contributed by atoms with van der Waals surface area (Å²) < 4.78 is 125. The highest BCUT2D eigenvalue weighted by Crippen LogP contribution is 2.42. The molecule has 0 aromatic rings. The smallest absolute Gasteiger partial charge is 0.217 e. The fraction of sp³-hybridized carbons (Fsp3) is 0.934. The molecule has 0 unspecified atom stereocenters. The molecule has 11 aliphatic rings. The van der Waals surface area contributed by atoms with E-state index in [-0.39, 0.29) is 0 Å². The highest BCUT2D eigenvalue weighted by Gasteiger charge is 2.63. The molecule has 0 spiro atoms. The first-order valence-electron chi connectivity index (χ1n) is 43.4. The zero-order valence-corrected chi connectivity index (χ0v) is 73.3. The highest BCUT2D eigenvalue weighted by molar-refractivity contribution is 5.75. The molecule has 0 radical (unpaired) electrons. The normalized spacial score (nSPS) is 49.5. The van der Waals surface area contributed by atoms with Gasteiger partial charge in [0, 0.05) is 34.6 Å². The molecule has 33 N–H and O–H groups in total. The van der Waals surface area contributed by atoms with Crippen molar-refractivity contribution < 1.29 is 266 Å². The Labute approximate surface area is 765 Å². The van der Waals surface area contributed by atoms with Crippen molar-refractivity contribution in [1.29, 1.82) is 0 Å². The van der Waals surface area contributed by atoms with Gasteiger partial charge in [-0.05, 0) is 13.8 Å². The molecular weight excluding hydrogens is 1850 g/mol. The van der Waals surface area contributed by atoms with E-state index >= 15 is 0 Å². The van der Waals surface area contributed by atoms with E-state index in [1.54, 1.807) is 0 Å². The summed E-state index contributed by atoms with van der Waals surface area (Å²) in [5.74, 6) is -4.69. The van der Waals surface area contributed by atoms with Gasteiger partial charge in [0.1, 0.15) is 256 Å². The summed E-state index contributed by atoms with van der Waals surface area (Å²) in [4.78, 5) is 64.9. The van der Waals surface area contributed by atoms with Gasteiger partial charge in [-0.1, -0.05) is 0 Å². The minimum absolute atomic E-state index is 0.778. The summed E-state index contributed by atoms with van der Waals surface area (Å²) in [6, 6.07) is -9.52. The number of rotatable bonds is 34. The maximum absolute atomic E-state index is 13.4. The molecule has 11 aliphatic heterocycles. The standard InChI is InChI=1S/C76H127N5O54/c1-17-38(94)49(105)54(110)71(117-17)134-64-51(107)41(97)25(9-83)121-75(64)130-59-28(12-86)124-68(35(47(59)103)79-21(5)91)116-16-32-44(100)63(133-70-36(80-22(6)92)48(104)60(29(13-87)125-70)131-76-65(52(108)42(98)26(10-84)122-76)135-72-55(111)50(106)39(95)18(2)118-72)57(113)74(127-32)132-62-37(81-23(7)93)66(114)119-31(43(62)99)15-115-67-34(78-20(4)90)46(102)58(27(11-85)123-67)129-73-56(112)53(109)61(30(14-88)126-73)128-69-33(77-19(3)89)45(101)40(96)24(8-82)120-69/h17-18,24-76,82-88,94-114H,8-16H2,1-7H3,(H,77,89)(H,78,90)(H,79,91)(H,80,92)(H,81,93)/t17-,18-,24+,25+,26+,27+,28+,29+,30+,31+,32+,33+,34+,35+,36+,37+,38+,39+,40+,41-,42-,43-,44-,45+,46+,47+,48+,49+,50+,51-,52-,53+,54-,55-,56+,57+,58+,59+,60+,61-,62+,63-,64+,65+,66-,67+,68+,69+,70-,71-,72-,73-,74-,75-,76-/m0/s1. The number of aliphatic hydroxyl groups is 28. The zero-order valence-electron chi connectivity index (χ0n) is 73.3. The largest absolute Gasteiger partial charge is 0.394 e. The molecule has 55 atom stereocenters. The Morgan fingerprint density at radius 2 is 0.452 bits per heavy atom. The van der Waals surface area contributed by atoms with E-state index < -0.39 is 426 Å². The van der Waals surface area contributed by atoms with Crippen LogP contribution in [0.1, 0.15) is 48.5 Å². The number of ether oxygens (including phenoxy) is 21. The van der Waals surface area contributed by atoms with E-state index in [0.29, 0.717) is 0 Å². The molecule has 11 saturated heterocycles. The van der Waals surface area contributed by atoms with Gasteiger partial charge in [-0.3, -0.25) is 24.0 Å². The Morgan fingerprint density at radius 3 is 0.837 bits per heavy atom. The Kier molecular flexibility index (Phi) is 39.5. The second-order valence-corrected chi connectivity index (χ2v) is 34.5. The van der Waals surface area contributed by atoms with Crippen molar-refractivity contribution in [1.82, 2.24) is 26.6 Å². The van der Waals surface area contributed by atoms with Crippen LogP contribution < -0.4 is 26.6 Å². The third-order valence-electron chi connectivity index (χ3n) is 24.9. The summed E-state index contributed by atoms with van der Waals surface area (Å²) in [5, 5.41) is 327. The first-order chi connectivity index (χ1) is 63.8. The molecule has 11 fully saturated rings. The second kappa shape index (κ2) is 48.2. The van der Waals surface area contributed by atoms with E-state index in [4.69, 9.17) is 99.5 Å². The Hall–Kier alpha value is -4.61. The van der Waals surface area contributed by atoms with Gasteiger partial charge in [0.15, 0.2) is 69.2 Å². The quantitative estimate of drug-likeness (QED) is 0.0284. The molecule has 11 rings (SSSR count). The van der Waals surface area contributed by atoms with Crippen LogP contribution in [0.5, 0.6) is 0 Å². The Balaban J connectivity index is 0.874. The third kappa shape index (κ3) is 24.7. The van der Waals surface area contributed by atoms with Gasteiger partial charge >= 0.3 is 0 Å². The van der Waals surface area contributed by atoms with Crippen LogP contribution in [0.15, 0.2) is 0 Å². The van der Waals surface area contributed by atoms with Crippen molar-refractivity contribution in [3.8, 4) is 0 Å². The lowest BCUT2D eigenvalue weighted by Crippen LogP contribution is -2.71. The predicted octanol–water partition coefficient (Wildman–Crippen LogP) is -22.2. The van der Waals surface area contributed by atoms with E-state index in [2.05, 4.69) is 26.6 Å². The van der Waals surface area contributed by atoms with Crippen LogP contribution in [0.25, 0.3) is 0 Å². The van der Waals surface area contributed by atoms with E-state index in [1.807, 2.05) is 0 Å². The number of nitrogens with one attached hydrogen (secondary N) is 5. The highest BCUT2D eigenvalue weighted by atomic mass is 16.8. The first-order valence-corrected chi connectivity index (χ1v) is 43.4. The fourth-order valence-corrected chi connectivity index (χ4v) is 17.6. The SMILES string of the molecule is CC(=O)N[C@@H]1[C@@H](O[C@@H]2O[C@H](CO[C@@H]3O[C@H](CO)[C@@H](O[C@@H]4O[C@H](CO)[C@H](O)[C@H](O)[C@H]4O[C@@H]4O[C@@H](C)[C@@H](O)[C@@H](O)[C@@H]4O)[C@H](O)[C@H]3NC(C)=O)[C@H](O)[C@H](O[C@@H]3O[C@H](CO)[C@@H](O[C@@H]4O[C@H](CO)[C@H](O)[C@H](O)[C@H]4O[C@@H]4O[C@@H](C)[C@@H](O)[C@@H](O)[C@@H]4O)[C@H](O)[C@H]3NC(C)=O)[C@H]2O)[C@@H](O)[C@@H](CO[C@@H]2O[C@H](CO)[C@@H](O[C@@H]3O[C@H](CO)[C@H](O[C@H]4O[C@H](CO)[C@@H](O)[C@H](O)[C@H]4NC(C)=O)[C@H](O)[C@H]3O)[C@H](O)[C@H]2NC(C)=O)O[C@@H]1O. The van der Waals surface area contributed by atoms with Crippen LogP contribution in [0.4, 0.5) is 0 Å². The molecule has 59 heteroatoms. The van der Waals surface area contributed by atoms with Crippen LogP contribution in [0.2, 0.25) is 0 Å². The number of hydrogen-bond acceptors (Lipinski definition) is 54. The number of carbonyl (C=O) groups excluding carboxylic acids is 5. The molecule has 0 saturated carbocycles. The molecule has 5 amide bonds. The minimum atomic E-state index is -2.60. The summed E-state index contributed by atoms with van der Waals surface area (Å²) in [6.07, 6.45) is -101. The molecule has 0 aromatic carbocycles. The van der Waals surface area contributed by atoms with Crippen molar-refractivity contribution in [3.63, 3.8) is 0 Å². The summed E-state index contributed by atoms with van der Waals surface area (Å²) in [5.41, 5.74) is 0. The Bertz CT molecular complexity index is 3750. The topological polar surface area (TPSA) is 906 Å². The van der Waals surface area contributed by atoms with Gasteiger partial charge < -0.3 is 269 Å². The first kappa shape index (κ1) is 111. The van der Waals surface area contributed by atoms with Crippen molar-refractivity contribution >= 4 is 29.5 Å². The second-order valence-electron chi connectivity index (χ2n) is 34.5. The van der Waals surface area contributed by atoms with Crippen molar-refractivity contribution in [2.45, 2.75) is 386 Å². The fourth-order valence-electron chi connectivity index (χ4n) is 17.6. The van der Waals surface area contributed by atoms with Crippen molar-refractivity contribution in [2.75, 3.05) is 59.5 Å². The van der Waals surface area contributed by atoms with E-state index in [9.17, 15) is 167 Å². The number of hydrogen-bond donors (Lipinski definition) is 33. The lowest BCUT2D eigenvalue weighted by molar-refractivity contribution is -0.392. The predicted molar refractivity (Wildman–Crippen MR) is 417 cm³/mol. The lowest BCUT2D eigenvalue weighted by atomic mass is 9.93. The number of carbonyl (C=O) groups is 5. The minimum Gasteiger partial charge on any atom is -0.394 e. The van der Waals surface area contributed by atoms with Crippen LogP contribution in [-0.2, 0) is 123 Å². The third-order valence-corrected chi connectivity index (χ3v) is 24.9. The molecule has 59 nitrogen and oxygen atoms in total. The maximum atomic E-state index is 13.4. The van der Waals surface area contributed by atoms with Gasteiger partial charge in [0.05, 0.1) is 71.7 Å². The zero-order chi connectivity index (χ0) is 99.4. The van der Waals surface area contributed by atoms with Crippen LogP contribution in [0.3, 0.4) is 0 Å². The average molecular weight is 1970 g/mol. The van der Waals surface area contributed by atoms with Crippen LogP contribution in [0, 0.1) is 0 Å². The van der Waals surface area contributed by atoms with E-state index in [0.717, 1.165) is 34.6 Å². The Morgan fingerprint density at radius 1 is 0.207 bits per heavy atom. The van der Waals surface area contributed by atoms with Gasteiger partial charge in [0.2, 0.25) is 29.5 Å². The monoisotopic (exact) mass is 1970 g/mol. The summed E-state index contributed by atoms with van der Waals surface area (Å²) in [6.45, 7) is -2.64. The van der Waals surface area contributed by atoms with Gasteiger partial charge in [0.25, 0.3) is 0 Å². The van der Waals surface area contributed by atoms with Gasteiger partial charge in [-0.15, -0.1) is 0 Å². The van der Waals surface area contributed by atoms with Gasteiger partial charge in [-0.25, -0.2) is 0 Å². The summed E-state index contributed by atoms with van der Waals surface area (Å²) in [7, 11) is 0. The van der Waals surface area contributed by atoms with Crippen LogP contribution >= 0.6 is 0 Å². The van der Waals surface area contributed by atoms with E-state index in [1.165, 1.54) is 13.8 Å². The molecule has 11 heterocycles. The molecule has 0 aliphatic carbocycles. The average Bonchev–Trinajstić information content (AvgIpc) is 0.741. The van der Waals surface area contributed by atoms with Crippen molar-refractivity contribution in [2.24, 2.45) is 0 Å². The molecular formula is C76H127N5O54. The maximum Gasteiger partial charge on any atom is 0.217 e. The van der Waals surface area contributed by atoms with Crippen molar-refractivity contribution in [3.05, 3.63) is 0 Å². The molecule has 780 valence electrons. The van der Waals surface area contributed by atoms with Crippen LogP contribution in [-0.4, -0.2) is 569 Å².